The molecule has 0 fully saturated rings. The summed E-state index contributed by atoms with van der Waals surface area (Å²) >= 11 is 0. The molecule has 8 heteroatoms. The summed E-state index contributed by atoms with van der Waals surface area (Å²) in [6, 6.07) is 11.1. The van der Waals surface area contributed by atoms with Crippen LogP contribution in [0.1, 0.15) is 15.9 Å². The normalized spacial score (nSPS) is 11.5. The number of hydrogen-bond acceptors (Lipinski definition) is 5. The lowest BCUT2D eigenvalue weighted by Gasteiger charge is -2.07. The van der Waals surface area contributed by atoms with Crippen LogP contribution in [0.4, 0.5) is 0 Å². The number of esters is 1. The van der Waals surface area contributed by atoms with E-state index in [9.17, 15) is 13.2 Å². The zero-order valence-corrected chi connectivity index (χ0v) is 13.7. The van der Waals surface area contributed by atoms with Gasteiger partial charge in [-0.2, -0.15) is 5.10 Å². The summed E-state index contributed by atoms with van der Waals surface area (Å²) in [5, 5.41) is 4.16. The Morgan fingerprint density at radius 2 is 1.96 bits per heavy atom. The van der Waals surface area contributed by atoms with E-state index in [2.05, 4.69) is 14.6 Å². The highest BCUT2D eigenvalue weighted by molar-refractivity contribution is 7.89. The van der Waals surface area contributed by atoms with E-state index in [0.717, 1.165) is 11.1 Å². The Hall–Kier alpha value is -2.71. The molecule has 0 spiro atoms. The summed E-state index contributed by atoms with van der Waals surface area (Å²) in [5.74, 6) is -0.515. The molecule has 24 heavy (non-hydrogen) atoms. The molecule has 0 bridgehead atoms. The van der Waals surface area contributed by atoms with Crippen molar-refractivity contribution in [2.45, 2.75) is 11.4 Å². The van der Waals surface area contributed by atoms with Crippen molar-refractivity contribution in [2.75, 3.05) is 7.11 Å². The fraction of sp³-hybridized carbons (Fsp3) is 0.125. The van der Waals surface area contributed by atoms with Gasteiger partial charge < -0.3 is 4.74 Å². The Bertz CT molecular complexity index is 978. The van der Waals surface area contributed by atoms with Crippen LogP contribution in [0.5, 0.6) is 0 Å². The van der Waals surface area contributed by atoms with Gasteiger partial charge in [0.15, 0.2) is 0 Å². The summed E-state index contributed by atoms with van der Waals surface area (Å²) in [5.41, 5.74) is 1.89. The second-order valence-electron chi connectivity index (χ2n) is 5.04. The maximum atomic E-state index is 12.4. The van der Waals surface area contributed by atoms with Crippen LogP contribution in [0.3, 0.4) is 0 Å². The van der Waals surface area contributed by atoms with E-state index in [0.29, 0.717) is 5.56 Å². The van der Waals surface area contributed by atoms with E-state index in [-0.39, 0.29) is 11.4 Å². The first-order valence-corrected chi connectivity index (χ1v) is 8.59. The molecule has 0 aliphatic rings. The van der Waals surface area contributed by atoms with Crippen LogP contribution in [0, 0.1) is 0 Å². The van der Waals surface area contributed by atoms with Gasteiger partial charge in [0.2, 0.25) is 10.0 Å². The van der Waals surface area contributed by atoms with Gasteiger partial charge in [-0.15, -0.1) is 0 Å². The van der Waals surface area contributed by atoms with E-state index >= 15 is 0 Å². The molecule has 3 aromatic rings. The van der Waals surface area contributed by atoms with E-state index in [4.69, 9.17) is 0 Å². The standard InChI is InChI=1S/C16H15N3O4S/c1-23-16(20)12-5-7-14(8-6-12)24(21,22)18-11-13-10-17-19-9-3-2-4-15(13)19/h2-10,18H,11H2,1H3. The maximum absolute atomic E-state index is 12.4. The lowest BCUT2D eigenvalue weighted by Crippen LogP contribution is -2.23. The molecule has 124 valence electrons. The summed E-state index contributed by atoms with van der Waals surface area (Å²) in [7, 11) is -2.42. The average molecular weight is 345 g/mol. The Morgan fingerprint density at radius 3 is 2.67 bits per heavy atom. The molecule has 0 unspecified atom stereocenters. The number of carbonyl (C=O) groups is 1. The van der Waals surface area contributed by atoms with Crippen molar-refractivity contribution in [3.8, 4) is 0 Å². The number of aromatic nitrogens is 2. The predicted octanol–water partition coefficient (Wildman–Crippen LogP) is 1.60. The minimum absolute atomic E-state index is 0.0756. The lowest BCUT2D eigenvalue weighted by molar-refractivity contribution is 0.0600. The van der Waals surface area contributed by atoms with Gasteiger partial charge in [0.25, 0.3) is 0 Å². The number of hydrogen-bond donors (Lipinski definition) is 1. The number of sulfonamides is 1. The molecule has 1 aromatic carbocycles. The fourth-order valence-electron chi connectivity index (χ4n) is 2.27. The van der Waals surface area contributed by atoms with Crippen LogP contribution >= 0.6 is 0 Å². The van der Waals surface area contributed by atoms with Crippen LogP contribution in [0.2, 0.25) is 0 Å². The van der Waals surface area contributed by atoms with Crippen LogP contribution in [-0.4, -0.2) is 31.1 Å². The van der Waals surface area contributed by atoms with Gasteiger partial charge in [-0.3, -0.25) is 0 Å². The first-order chi connectivity index (χ1) is 11.5. The van der Waals surface area contributed by atoms with Crippen molar-refractivity contribution in [1.29, 1.82) is 0 Å². The number of ether oxygens (including phenoxy) is 1. The van der Waals surface area contributed by atoms with E-state index in [1.54, 1.807) is 16.9 Å². The Morgan fingerprint density at radius 1 is 1.21 bits per heavy atom. The van der Waals surface area contributed by atoms with E-state index in [1.807, 2.05) is 18.2 Å². The molecule has 7 nitrogen and oxygen atoms in total. The van der Waals surface area contributed by atoms with E-state index < -0.39 is 16.0 Å². The third kappa shape index (κ3) is 3.15. The van der Waals surface area contributed by atoms with Gasteiger partial charge in [-0.1, -0.05) is 6.07 Å². The Balaban J connectivity index is 1.77. The van der Waals surface area contributed by atoms with Crippen molar-refractivity contribution in [3.63, 3.8) is 0 Å². The summed E-state index contributed by atoms with van der Waals surface area (Å²) < 4.78 is 33.5. The number of methoxy groups -OCH3 is 1. The smallest absolute Gasteiger partial charge is 0.337 e. The van der Waals surface area contributed by atoms with Gasteiger partial charge in [0, 0.05) is 18.3 Å². The monoisotopic (exact) mass is 345 g/mol. The SMILES string of the molecule is COC(=O)c1ccc(S(=O)(=O)NCc2cnn3ccccc23)cc1. The molecule has 0 saturated carbocycles. The molecular weight excluding hydrogens is 330 g/mol. The Labute approximate surface area is 138 Å². The van der Waals surface area contributed by atoms with Gasteiger partial charge >= 0.3 is 5.97 Å². The second-order valence-corrected chi connectivity index (χ2v) is 6.81. The maximum Gasteiger partial charge on any atom is 0.337 e. The molecule has 0 atom stereocenters. The van der Waals surface area contributed by atoms with E-state index in [1.165, 1.54) is 31.4 Å². The van der Waals surface area contributed by atoms with Crippen molar-refractivity contribution >= 4 is 21.5 Å². The van der Waals surface area contributed by atoms with Crippen molar-refractivity contribution in [1.82, 2.24) is 14.3 Å². The molecule has 0 aliphatic carbocycles. The number of rotatable bonds is 5. The highest BCUT2D eigenvalue weighted by Crippen LogP contribution is 2.14. The number of nitrogens with one attached hydrogen (secondary N) is 1. The molecule has 2 heterocycles. The zero-order chi connectivity index (χ0) is 17.2. The number of carbonyl (C=O) groups excluding carboxylic acids is 1. The number of nitrogens with zero attached hydrogens (tertiary/aromatic N) is 2. The summed E-state index contributed by atoms with van der Waals surface area (Å²) in [6.45, 7) is 0.120. The molecule has 0 amide bonds. The molecule has 0 aliphatic heterocycles. The quantitative estimate of drug-likeness (QED) is 0.710. The van der Waals surface area contributed by atoms with Crippen LogP contribution < -0.4 is 4.72 Å². The van der Waals surface area contributed by atoms with Crippen molar-refractivity contribution in [2.24, 2.45) is 0 Å². The molecular formula is C16H15N3O4S. The molecule has 0 saturated heterocycles. The highest BCUT2D eigenvalue weighted by atomic mass is 32.2. The third-order valence-electron chi connectivity index (χ3n) is 3.54. The van der Waals surface area contributed by atoms with Gasteiger partial charge in [-0.25, -0.2) is 22.4 Å². The first-order valence-electron chi connectivity index (χ1n) is 7.10. The molecule has 2 aromatic heterocycles. The highest BCUT2D eigenvalue weighted by Gasteiger charge is 2.16. The Kier molecular flexibility index (Phi) is 4.32. The van der Waals surface area contributed by atoms with Crippen LogP contribution in [0.25, 0.3) is 5.52 Å². The minimum Gasteiger partial charge on any atom is -0.465 e. The van der Waals surface area contributed by atoms with Gasteiger partial charge in [0.1, 0.15) is 0 Å². The minimum atomic E-state index is -3.69. The summed E-state index contributed by atoms with van der Waals surface area (Å²) in [4.78, 5) is 11.5. The van der Waals surface area contributed by atoms with Gasteiger partial charge in [0.05, 0.1) is 29.3 Å². The van der Waals surface area contributed by atoms with Gasteiger partial charge in [-0.05, 0) is 36.4 Å². The third-order valence-corrected chi connectivity index (χ3v) is 4.96. The molecule has 3 rings (SSSR count). The molecule has 1 N–H and O–H groups in total. The van der Waals surface area contributed by atoms with Crippen molar-refractivity contribution in [3.05, 3.63) is 66.0 Å². The average Bonchev–Trinajstić information content (AvgIpc) is 3.03. The first kappa shape index (κ1) is 16.2. The number of pyridine rings is 1. The largest absolute Gasteiger partial charge is 0.465 e. The predicted molar refractivity (Wildman–Crippen MR) is 87.0 cm³/mol. The fourth-order valence-corrected chi connectivity index (χ4v) is 3.27. The second kappa shape index (κ2) is 6.42. The van der Waals surface area contributed by atoms with Crippen LogP contribution in [-0.2, 0) is 21.3 Å². The zero-order valence-electron chi connectivity index (χ0n) is 12.8. The topological polar surface area (TPSA) is 89.8 Å². The van der Waals surface area contributed by atoms with Crippen molar-refractivity contribution < 1.29 is 17.9 Å². The lowest BCUT2D eigenvalue weighted by atomic mass is 10.2. The number of fused-ring (bicyclic) bond motifs is 1. The molecule has 0 radical (unpaired) electrons. The number of benzene rings is 1. The van der Waals surface area contributed by atoms with Crippen LogP contribution in [0.15, 0.2) is 59.8 Å². The summed E-state index contributed by atoms with van der Waals surface area (Å²) in [6.07, 6.45) is 3.41.